The van der Waals surface area contributed by atoms with Crippen LogP contribution in [-0.4, -0.2) is 44.6 Å². The molecule has 0 aromatic heterocycles. The van der Waals surface area contributed by atoms with Gasteiger partial charge in [-0.05, 0) is 35.4 Å². The quantitative estimate of drug-likeness (QED) is 0.663. The number of rotatable bonds is 5. The van der Waals surface area contributed by atoms with Crippen LogP contribution in [0.4, 0.5) is 0 Å². The summed E-state index contributed by atoms with van der Waals surface area (Å²) in [6, 6.07) is 8.04. The Hall–Kier alpha value is -2.07. The lowest BCUT2D eigenvalue weighted by molar-refractivity contribution is 0.104. The molecule has 7 nitrogen and oxygen atoms in total. The molecule has 2 aromatic carbocycles. The van der Waals surface area contributed by atoms with Crippen LogP contribution in [0.25, 0.3) is 11.1 Å². The molecule has 0 unspecified atom stereocenters. The Labute approximate surface area is 152 Å². The number of carbonyl (C=O) groups is 1. The molecule has 9 heteroatoms. The maximum absolute atomic E-state index is 12.7. The van der Waals surface area contributed by atoms with Crippen molar-refractivity contribution in [3.8, 4) is 11.1 Å². The molecule has 26 heavy (non-hydrogen) atoms. The molecule has 138 valence electrons. The summed E-state index contributed by atoms with van der Waals surface area (Å²) >= 11 is 0. The number of benzene rings is 2. The molecular formula is C17H17NO6S2. The third kappa shape index (κ3) is 2.86. The standard InChI is InChI=1S/C17H17NO6S2/c1-3-18(4-2)25(20,21)11-5-7-13-14-8-6-12(26(22,23)24)10-16(14)17(19)15(13)9-11/h5-10H,3-4H2,1-2H3,(H,22,23,24). The smallest absolute Gasteiger partial charge is 0.289 e. The zero-order valence-corrected chi connectivity index (χ0v) is 15.8. The molecule has 0 atom stereocenters. The van der Waals surface area contributed by atoms with E-state index in [4.69, 9.17) is 4.55 Å². The highest BCUT2D eigenvalue weighted by Crippen LogP contribution is 2.39. The predicted octanol–water partition coefficient (Wildman–Crippen LogP) is 2.18. The number of sulfonamides is 1. The average molecular weight is 395 g/mol. The first-order valence-electron chi connectivity index (χ1n) is 7.92. The summed E-state index contributed by atoms with van der Waals surface area (Å²) in [7, 11) is -8.16. The fourth-order valence-electron chi connectivity index (χ4n) is 3.07. The maximum Gasteiger partial charge on any atom is 0.294 e. The van der Waals surface area contributed by atoms with E-state index in [1.165, 1.54) is 28.6 Å². The van der Waals surface area contributed by atoms with E-state index < -0.39 is 25.9 Å². The van der Waals surface area contributed by atoms with Gasteiger partial charge in [0.1, 0.15) is 0 Å². The Morgan fingerprint density at radius 3 is 1.73 bits per heavy atom. The summed E-state index contributed by atoms with van der Waals surface area (Å²) in [5.74, 6) is -0.475. The van der Waals surface area contributed by atoms with Crippen LogP contribution in [0, 0.1) is 0 Å². The second-order valence-electron chi connectivity index (χ2n) is 5.81. The molecule has 1 N–H and O–H groups in total. The van der Waals surface area contributed by atoms with Gasteiger partial charge in [0, 0.05) is 24.2 Å². The molecule has 0 saturated carbocycles. The van der Waals surface area contributed by atoms with E-state index in [-0.39, 0.29) is 20.9 Å². The van der Waals surface area contributed by atoms with Crippen molar-refractivity contribution in [3.63, 3.8) is 0 Å². The Morgan fingerprint density at radius 2 is 1.27 bits per heavy atom. The Kier molecular flexibility index (Phi) is 4.51. The summed E-state index contributed by atoms with van der Waals surface area (Å²) in [6.07, 6.45) is 0. The van der Waals surface area contributed by atoms with Gasteiger partial charge in [-0.1, -0.05) is 26.0 Å². The first-order chi connectivity index (χ1) is 12.1. The van der Waals surface area contributed by atoms with Crippen LogP contribution < -0.4 is 0 Å². The van der Waals surface area contributed by atoms with Crippen LogP contribution in [0.5, 0.6) is 0 Å². The van der Waals surface area contributed by atoms with Gasteiger partial charge in [-0.2, -0.15) is 12.7 Å². The van der Waals surface area contributed by atoms with Crippen molar-refractivity contribution in [2.75, 3.05) is 13.1 Å². The van der Waals surface area contributed by atoms with Crippen LogP contribution in [0.3, 0.4) is 0 Å². The van der Waals surface area contributed by atoms with Crippen molar-refractivity contribution in [2.45, 2.75) is 23.6 Å². The molecule has 2 aromatic rings. The topological polar surface area (TPSA) is 109 Å². The highest BCUT2D eigenvalue weighted by molar-refractivity contribution is 7.89. The average Bonchev–Trinajstić information content (AvgIpc) is 2.87. The maximum atomic E-state index is 12.7. The van der Waals surface area contributed by atoms with Gasteiger partial charge in [0.15, 0.2) is 5.78 Å². The lowest BCUT2D eigenvalue weighted by atomic mass is 10.1. The Morgan fingerprint density at radius 1 is 0.808 bits per heavy atom. The van der Waals surface area contributed by atoms with Gasteiger partial charge in [0.25, 0.3) is 10.1 Å². The monoisotopic (exact) mass is 395 g/mol. The van der Waals surface area contributed by atoms with Crippen molar-refractivity contribution in [1.29, 1.82) is 0 Å². The lowest BCUT2D eigenvalue weighted by Crippen LogP contribution is -2.30. The fraction of sp³-hybridized carbons (Fsp3) is 0.235. The summed E-state index contributed by atoms with van der Waals surface area (Å²) in [6.45, 7) is 4.07. The predicted molar refractivity (Wildman–Crippen MR) is 95.2 cm³/mol. The molecule has 3 rings (SSSR count). The molecule has 0 bridgehead atoms. The third-order valence-corrected chi connectivity index (χ3v) is 7.30. The summed E-state index contributed by atoms with van der Waals surface area (Å²) < 4.78 is 58.4. The van der Waals surface area contributed by atoms with Crippen molar-refractivity contribution in [2.24, 2.45) is 0 Å². The molecule has 1 aliphatic rings. The van der Waals surface area contributed by atoms with Crippen molar-refractivity contribution in [1.82, 2.24) is 4.31 Å². The minimum Gasteiger partial charge on any atom is -0.289 e. The van der Waals surface area contributed by atoms with E-state index in [9.17, 15) is 21.6 Å². The second-order valence-corrected chi connectivity index (χ2v) is 9.17. The Bertz CT molecular complexity index is 1120. The highest BCUT2D eigenvalue weighted by atomic mass is 32.2. The number of hydrogen-bond donors (Lipinski definition) is 1. The minimum atomic E-state index is -4.44. The zero-order chi connectivity index (χ0) is 19.3. The summed E-state index contributed by atoms with van der Waals surface area (Å²) in [4.78, 5) is 12.3. The normalized spacial score (nSPS) is 13.8. The van der Waals surface area contributed by atoms with Gasteiger partial charge in [-0.15, -0.1) is 0 Å². The molecule has 0 saturated heterocycles. The minimum absolute atomic E-state index is 0.0103. The highest BCUT2D eigenvalue weighted by Gasteiger charge is 2.31. The number of hydrogen-bond acceptors (Lipinski definition) is 5. The first-order valence-corrected chi connectivity index (χ1v) is 10.8. The molecule has 0 aliphatic heterocycles. The summed E-state index contributed by atoms with van der Waals surface area (Å²) in [5, 5.41) is 0. The fourth-order valence-corrected chi connectivity index (χ4v) is 5.06. The number of nitrogens with zero attached hydrogens (tertiary/aromatic N) is 1. The van der Waals surface area contributed by atoms with Gasteiger partial charge in [0.05, 0.1) is 9.79 Å². The zero-order valence-electron chi connectivity index (χ0n) is 14.1. The van der Waals surface area contributed by atoms with Crippen LogP contribution in [-0.2, 0) is 20.1 Å². The molecular weight excluding hydrogens is 378 g/mol. The van der Waals surface area contributed by atoms with Gasteiger partial charge < -0.3 is 0 Å². The second kappa shape index (κ2) is 6.27. The van der Waals surface area contributed by atoms with Crippen LogP contribution in [0.15, 0.2) is 46.2 Å². The van der Waals surface area contributed by atoms with E-state index >= 15 is 0 Å². The molecule has 0 fully saturated rings. The van der Waals surface area contributed by atoms with Crippen molar-refractivity contribution in [3.05, 3.63) is 47.5 Å². The van der Waals surface area contributed by atoms with Crippen molar-refractivity contribution >= 4 is 25.9 Å². The van der Waals surface area contributed by atoms with Crippen LogP contribution in [0.1, 0.15) is 29.8 Å². The molecule has 0 amide bonds. The van der Waals surface area contributed by atoms with Gasteiger partial charge in [-0.3, -0.25) is 9.35 Å². The molecule has 1 aliphatic carbocycles. The Balaban J connectivity index is 2.14. The summed E-state index contributed by atoms with van der Waals surface area (Å²) in [5.41, 5.74) is 1.35. The van der Waals surface area contributed by atoms with Gasteiger partial charge in [0.2, 0.25) is 10.0 Å². The van der Waals surface area contributed by atoms with Crippen LogP contribution in [0.2, 0.25) is 0 Å². The molecule has 0 radical (unpaired) electrons. The largest absolute Gasteiger partial charge is 0.294 e. The van der Waals surface area contributed by atoms with E-state index in [0.29, 0.717) is 24.2 Å². The third-order valence-electron chi connectivity index (χ3n) is 4.40. The number of carbonyl (C=O) groups excluding carboxylic acids is 1. The first kappa shape index (κ1) is 18.7. The SMILES string of the molecule is CCN(CC)S(=O)(=O)c1ccc2c(c1)C(=O)c1cc(S(=O)(=O)O)ccc1-2. The van der Waals surface area contributed by atoms with Gasteiger partial charge in [-0.25, -0.2) is 8.42 Å². The van der Waals surface area contributed by atoms with Gasteiger partial charge >= 0.3 is 0 Å². The van der Waals surface area contributed by atoms with E-state index in [1.807, 2.05) is 0 Å². The molecule has 0 spiro atoms. The van der Waals surface area contributed by atoms with E-state index in [2.05, 4.69) is 0 Å². The van der Waals surface area contributed by atoms with Crippen LogP contribution >= 0.6 is 0 Å². The number of ketones is 1. The lowest BCUT2D eigenvalue weighted by Gasteiger charge is -2.18. The molecule has 0 heterocycles. The van der Waals surface area contributed by atoms with Crippen molar-refractivity contribution < 1.29 is 26.2 Å². The number of fused-ring (bicyclic) bond motifs is 3. The van der Waals surface area contributed by atoms with E-state index in [0.717, 1.165) is 6.07 Å². The van der Waals surface area contributed by atoms with E-state index in [1.54, 1.807) is 19.9 Å².